The number of aromatic nitrogens is 5. The maximum Gasteiger partial charge on any atom is 0.278 e. The van der Waals surface area contributed by atoms with Crippen LogP contribution in [0.25, 0.3) is 16.9 Å². The van der Waals surface area contributed by atoms with Crippen LogP contribution < -0.4 is 10.9 Å². The Bertz CT molecular complexity index is 1580. The molecular weight excluding hydrogens is 505 g/mol. The summed E-state index contributed by atoms with van der Waals surface area (Å²) in [5.41, 5.74) is 1.36. The van der Waals surface area contributed by atoms with Crippen molar-refractivity contribution >= 4 is 22.7 Å². The first-order valence-electron chi connectivity index (χ1n) is 14.2. The summed E-state index contributed by atoms with van der Waals surface area (Å²) in [7, 11) is 4.33. The predicted octanol–water partition coefficient (Wildman–Crippen LogP) is 5.84. The third-order valence-electron chi connectivity index (χ3n) is 8.60. The second kappa shape index (κ2) is 10.6. The summed E-state index contributed by atoms with van der Waals surface area (Å²) in [6.07, 6.45) is 9.80. The number of pyridine rings is 1. The Hall–Kier alpha value is -3.85. The number of alkyl halides is 1. The van der Waals surface area contributed by atoms with E-state index in [0.717, 1.165) is 12.1 Å². The van der Waals surface area contributed by atoms with Gasteiger partial charge in [-0.25, -0.2) is 23.7 Å². The SMILES string of the molecule is C=CCn1c(=O)c2cnc(Nc3ccc(C4CCC(N(C)C)CC4)cc3)nc2n1-c1cccc(C2(F)CCC2)n1. The highest BCUT2D eigenvalue weighted by molar-refractivity contribution is 5.77. The molecule has 3 aromatic heterocycles. The highest BCUT2D eigenvalue weighted by Crippen LogP contribution is 2.44. The summed E-state index contributed by atoms with van der Waals surface area (Å²) >= 11 is 0. The van der Waals surface area contributed by atoms with Crippen molar-refractivity contribution in [2.24, 2.45) is 0 Å². The summed E-state index contributed by atoms with van der Waals surface area (Å²) in [5.74, 6) is 1.39. The van der Waals surface area contributed by atoms with E-state index in [1.165, 1.54) is 42.1 Å². The van der Waals surface area contributed by atoms with Crippen LogP contribution >= 0.6 is 0 Å². The molecule has 6 rings (SSSR count). The molecule has 0 spiro atoms. The lowest BCUT2D eigenvalue weighted by molar-refractivity contribution is 0.0559. The predicted molar refractivity (Wildman–Crippen MR) is 156 cm³/mol. The molecule has 2 aliphatic carbocycles. The van der Waals surface area contributed by atoms with Crippen molar-refractivity contribution in [1.29, 1.82) is 0 Å². The molecule has 0 saturated heterocycles. The smallest absolute Gasteiger partial charge is 0.278 e. The van der Waals surface area contributed by atoms with Crippen LogP contribution in [0, 0.1) is 0 Å². The van der Waals surface area contributed by atoms with E-state index in [-0.39, 0.29) is 12.1 Å². The minimum atomic E-state index is -1.41. The Kier molecular flexibility index (Phi) is 7.00. The van der Waals surface area contributed by atoms with Crippen LogP contribution in [0.4, 0.5) is 16.0 Å². The lowest BCUT2D eigenvalue weighted by Gasteiger charge is -2.33. The summed E-state index contributed by atoms with van der Waals surface area (Å²) < 4.78 is 18.4. The summed E-state index contributed by atoms with van der Waals surface area (Å²) in [6, 6.07) is 14.4. The van der Waals surface area contributed by atoms with E-state index in [1.807, 2.05) is 0 Å². The molecule has 8 nitrogen and oxygen atoms in total. The van der Waals surface area contributed by atoms with Gasteiger partial charge in [0.15, 0.2) is 17.1 Å². The molecule has 2 saturated carbocycles. The topological polar surface area (TPSA) is 80.9 Å². The third-order valence-corrected chi connectivity index (χ3v) is 8.60. The number of benzene rings is 1. The Morgan fingerprint density at radius 1 is 1.10 bits per heavy atom. The van der Waals surface area contributed by atoms with E-state index in [0.29, 0.717) is 53.3 Å². The maximum atomic E-state index is 15.2. The van der Waals surface area contributed by atoms with E-state index in [1.54, 1.807) is 29.0 Å². The number of halogens is 1. The van der Waals surface area contributed by atoms with Crippen molar-refractivity contribution < 1.29 is 4.39 Å². The molecule has 0 radical (unpaired) electrons. The van der Waals surface area contributed by atoms with E-state index < -0.39 is 5.67 Å². The molecule has 9 heteroatoms. The Morgan fingerprint density at radius 3 is 2.50 bits per heavy atom. The molecule has 0 amide bonds. The zero-order valence-electron chi connectivity index (χ0n) is 23.2. The van der Waals surface area contributed by atoms with E-state index in [2.05, 4.69) is 65.1 Å². The van der Waals surface area contributed by atoms with Gasteiger partial charge in [0.05, 0.1) is 12.2 Å². The number of hydrogen-bond donors (Lipinski definition) is 1. The molecule has 2 fully saturated rings. The van der Waals surface area contributed by atoms with Crippen molar-refractivity contribution in [3.8, 4) is 5.82 Å². The highest BCUT2D eigenvalue weighted by Gasteiger charge is 2.40. The van der Waals surface area contributed by atoms with Crippen molar-refractivity contribution in [3.63, 3.8) is 0 Å². The zero-order chi connectivity index (χ0) is 27.9. The van der Waals surface area contributed by atoms with Gasteiger partial charge in [-0.3, -0.25) is 4.79 Å². The molecule has 3 heterocycles. The monoisotopic (exact) mass is 541 g/mol. The molecule has 0 unspecified atom stereocenters. The van der Waals surface area contributed by atoms with Gasteiger partial charge in [-0.2, -0.15) is 4.98 Å². The lowest BCUT2D eigenvalue weighted by Crippen LogP contribution is -2.31. The third kappa shape index (κ3) is 4.83. The Morgan fingerprint density at radius 2 is 1.85 bits per heavy atom. The maximum absolute atomic E-state index is 15.2. The number of allylic oxidation sites excluding steroid dienone is 1. The van der Waals surface area contributed by atoms with Crippen LogP contribution in [0.3, 0.4) is 0 Å². The molecule has 208 valence electrons. The van der Waals surface area contributed by atoms with Gasteiger partial charge in [0.25, 0.3) is 5.56 Å². The van der Waals surface area contributed by atoms with Gasteiger partial charge in [-0.15, -0.1) is 6.58 Å². The average Bonchev–Trinajstić information content (AvgIpc) is 3.23. The number of anilines is 2. The van der Waals surface area contributed by atoms with Gasteiger partial charge < -0.3 is 10.2 Å². The molecule has 4 aromatic rings. The zero-order valence-corrected chi connectivity index (χ0v) is 23.2. The fraction of sp³-hybridized carbons (Fsp3) is 0.419. The lowest BCUT2D eigenvalue weighted by atomic mass is 9.79. The quantitative estimate of drug-likeness (QED) is 0.282. The highest BCUT2D eigenvalue weighted by atomic mass is 19.1. The van der Waals surface area contributed by atoms with E-state index in [4.69, 9.17) is 4.98 Å². The van der Waals surface area contributed by atoms with Crippen molar-refractivity contribution in [1.82, 2.24) is 29.2 Å². The van der Waals surface area contributed by atoms with Crippen LogP contribution in [0.2, 0.25) is 0 Å². The normalized spacial score (nSPS) is 20.4. The van der Waals surface area contributed by atoms with Gasteiger partial charge >= 0.3 is 0 Å². The molecule has 0 atom stereocenters. The van der Waals surface area contributed by atoms with Gasteiger partial charge in [0.2, 0.25) is 5.95 Å². The molecule has 1 aromatic carbocycles. The summed E-state index contributed by atoms with van der Waals surface area (Å²) in [6.45, 7) is 4.06. The fourth-order valence-electron chi connectivity index (χ4n) is 6.04. The minimum Gasteiger partial charge on any atom is -0.324 e. The second-order valence-corrected chi connectivity index (χ2v) is 11.3. The average molecular weight is 542 g/mol. The fourth-order valence-corrected chi connectivity index (χ4v) is 6.04. The van der Waals surface area contributed by atoms with Crippen molar-refractivity contribution in [3.05, 3.63) is 82.9 Å². The van der Waals surface area contributed by atoms with Gasteiger partial charge in [-0.1, -0.05) is 24.3 Å². The molecule has 2 aliphatic rings. The number of rotatable bonds is 8. The molecule has 0 bridgehead atoms. The summed E-state index contributed by atoms with van der Waals surface area (Å²) in [5, 5.41) is 3.65. The Labute approximate surface area is 233 Å². The van der Waals surface area contributed by atoms with Crippen LogP contribution in [0.1, 0.15) is 62.1 Å². The number of nitrogens with zero attached hydrogens (tertiary/aromatic N) is 6. The van der Waals surface area contributed by atoms with Crippen molar-refractivity contribution in [2.75, 3.05) is 19.4 Å². The first-order valence-corrected chi connectivity index (χ1v) is 14.2. The molecule has 1 N–H and O–H groups in total. The molecular formula is C31H36FN7O. The van der Waals surface area contributed by atoms with Gasteiger partial charge in [0.1, 0.15) is 5.39 Å². The van der Waals surface area contributed by atoms with E-state index >= 15 is 4.39 Å². The second-order valence-electron chi connectivity index (χ2n) is 11.3. The standard InChI is InChI=1S/C31H36FN7O/c1-4-19-38-29(40)25-20-33-30(34-23-13-9-21(10-14-23)22-11-15-24(16-12-22)37(2)3)36-28(25)39(38)27-8-5-7-26(35-27)31(32)17-6-18-31/h4-5,7-10,13-14,20,22,24H,1,6,11-12,15-19H2,2-3H3,(H,33,34,36). The number of hydrogen-bond acceptors (Lipinski definition) is 6. The summed E-state index contributed by atoms with van der Waals surface area (Å²) in [4.78, 5) is 29.4. The Balaban J connectivity index is 1.29. The number of fused-ring (bicyclic) bond motifs is 1. The molecule has 40 heavy (non-hydrogen) atoms. The van der Waals surface area contributed by atoms with Gasteiger partial charge in [0, 0.05) is 17.9 Å². The van der Waals surface area contributed by atoms with Gasteiger partial charge in [-0.05, 0) is 94.8 Å². The van der Waals surface area contributed by atoms with E-state index in [9.17, 15) is 4.79 Å². The largest absolute Gasteiger partial charge is 0.324 e. The van der Waals surface area contributed by atoms with Crippen LogP contribution in [-0.2, 0) is 12.2 Å². The van der Waals surface area contributed by atoms with Crippen molar-refractivity contribution in [2.45, 2.75) is 69.1 Å². The minimum absolute atomic E-state index is 0.249. The first-order chi connectivity index (χ1) is 19.4. The van der Waals surface area contributed by atoms with Crippen LogP contribution in [0.15, 0.2) is 66.1 Å². The van der Waals surface area contributed by atoms with Crippen LogP contribution in [0.5, 0.6) is 0 Å². The number of nitrogens with one attached hydrogen (secondary N) is 1. The molecule has 0 aliphatic heterocycles. The van der Waals surface area contributed by atoms with Crippen LogP contribution in [-0.4, -0.2) is 49.4 Å². The first kappa shape index (κ1) is 26.4.